The van der Waals surface area contributed by atoms with Crippen molar-refractivity contribution in [3.8, 4) is 5.75 Å². The summed E-state index contributed by atoms with van der Waals surface area (Å²) in [5, 5.41) is 25.0. The number of ether oxygens (including phenoxy) is 1. The average molecular weight is 578 g/mol. The molecule has 1 aliphatic rings. The molecule has 2 amide bonds. The number of sulfonamides is 1. The number of fused-ring (bicyclic) bond motifs is 1. The van der Waals surface area contributed by atoms with E-state index in [1.165, 1.54) is 22.4 Å². The fourth-order valence-electron chi connectivity index (χ4n) is 4.24. The number of hydrogen-bond donors (Lipinski definition) is 2. The monoisotopic (exact) mass is 577 g/mol. The van der Waals surface area contributed by atoms with Gasteiger partial charge in [0.05, 0.1) is 25.6 Å². The summed E-state index contributed by atoms with van der Waals surface area (Å²) in [4.78, 5) is 27.4. The van der Waals surface area contributed by atoms with Gasteiger partial charge in [-0.3, -0.25) is 9.59 Å². The molecule has 2 N–H and O–H groups in total. The first kappa shape index (κ1) is 28.6. The fraction of sp³-hybridized carbons (Fsp3) is 0.458. The highest BCUT2D eigenvalue weighted by Gasteiger charge is 2.33. The molecule has 0 bridgehead atoms. The Kier molecular flexibility index (Phi) is 8.94. The summed E-state index contributed by atoms with van der Waals surface area (Å²) in [5.74, 6) is -0.435. The van der Waals surface area contributed by atoms with Gasteiger partial charge in [-0.15, -0.1) is 16.4 Å². The first-order valence-corrected chi connectivity index (χ1v) is 14.6. The Morgan fingerprint density at radius 2 is 2.15 bits per heavy atom. The number of amides is 2. The lowest BCUT2D eigenvalue weighted by Crippen LogP contribution is -2.48. The zero-order valence-electron chi connectivity index (χ0n) is 21.8. The predicted octanol–water partition coefficient (Wildman–Crippen LogP) is 0.843. The quantitative estimate of drug-likeness (QED) is 0.376. The minimum atomic E-state index is -3.73. The number of carbonyl (C=O) groups is 2. The van der Waals surface area contributed by atoms with Gasteiger partial charge in [0.2, 0.25) is 11.8 Å². The van der Waals surface area contributed by atoms with E-state index in [4.69, 9.17) is 4.74 Å². The summed E-state index contributed by atoms with van der Waals surface area (Å²) in [6.45, 7) is 3.63. The van der Waals surface area contributed by atoms with E-state index in [1.807, 2.05) is 6.92 Å². The van der Waals surface area contributed by atoms with Crippen LogP contribution in [0.25, 0.3) is 0 Å². The minimum Gasteiger partial charge on any atom is -0.488 e. The van der Waals surface area contributed by atoms with Crippen molar-refractivity contribution in [2.24, 2.45) is 5.92 Å². The highest BCUT2D eigenvalue weighted by atomic mass is 32.2. The molecule has 15 heteroatoms. The number of aromatic nitrogens is 4. The Hall–Kier alpha value is -3.40. The molecule has 2 aromatic heterocycles. The van der Waals surface area contributed by atoms with Crippen LogP contribution in [0, 0.1) is 5.92 Å². The summed E-state index contributed by atoms with van der Waals surface area (Å²) in [5.41, 5.74) is 0.976. The number of aliphatic hydroxyl groups is 1. The van der Waals surface area contributed by atoms with Crippen LogP contribution < -0.4 is 10.1 Å². The van der Waals surface area contributed by atoms with E-state index in [0.29, 0.717) is 17.0 Å². The predicted molar refractivity (Wildman–Crippen MR) is 143 cm³/mol. The molecule has 0 fully saturated rings. The second-order valence-electron chi connectivity index (χ2n) is 9.48. The van der Waals surface area contributed by atoms with Gasteiger partial charge in [-0.2, -0.15) is 4.31 Å². The van der Waals surface area contributed by atoms with Gasteiger partial charge in [0.1, 0.15) is 28.9 Å². The van der Waals surface area contributed by atoms with Crippen molar-refractivity contribution in [3.05, 3.63) is 47.6 Å². The molecule has 0 unspecified atom stereocenters. The molecule has 3 aromatic rings. The fourth-order valence-corrected chi connectivity index (χ4v) is 6.63. The van der Waals surface area contributed by atoms with Crippen molar-refractivity contribution in [1.29, 1.82) is 0 Å². The topological polar surface area (TPSA) is 160 Å². The molecule has 0 saturated carbocycles. The normalized spacial score (nSPS) is 19.0. The van der Waals surface area contributed by atoms with E-state index in [-0.39, 0.29) is 54.6 Å². The molecular formula is C24H31N7O6S2. The van der Waals surface area contributed by atoms with Crippen LogP contribution in [-0.2, 0) is 32.6 Å². The van der Waals surface area contributed by atoms with Gasteiger partial charge in [-0.05, 0) is 47.0 Å². The highest BCUT2D eigenvalue weighted by Crippen LogP contribution is 2.30. The Labute approximate surface area is 230 Å². The number of nitrogens with zero attached hydrogens (tertiary/aromatic N) is 6. The van der Waals surface area contributed by atoms with E-state index < -0.39 is 22.2 Å². The third-order valence-electron chi connectivity index (χ3n) is 6.49. The maximum Gasteiger partial charge on any atom is 0.252 e. The van der Waals surface area contributed by atoms with Crippen molar-refractivity contribution < 1.29 is 27.9 Å². The summed E-state index contributed by atoms with van der Waals surface area (Å²) in [6, 6.07) is 7.76. The van der Waals surface area contributed by atoms with Crippen molar-refractivity contribution in [3.63, 3.8) is 0 Å². The van der Waals surface area contributed by atoms with Gasteiger partial charge in [-0.1, -0.05) is 13.0 Å². The Balaban J connectivity index is 1.62. The molecule has 39 heavy (non-hydrogen) atoms. The molecule has 1 aliphatic heterocycles. The van der Waals surface area contributed by atoms with Crippen molar-refractivity contribution >= 4 is 38.9 Å². The number of nitrogens with one attached hydrogen (secondary N) is 1. The molecule has 210 valence electrons. The van der Waals surface area contributed by atoms with Crippen molar-refractivity contribution in [2.75, 3.05) is 32.1 Å². The average Bonchev–Trinajstić information content (AvgIpc) is 3.62. The number of benzene rings is 1. The van der Waals surface area contributed by atoms with E-state index in [2.05, 4.69) is 20.8 Å². The summed E-state index contributed by atoms with van der Waals surface area (Å²) >= 11 is 1.14. The summed E-state index contributed by atoms with van der Waals surface area (Å²) in [7, 11) is -2.22. The zero-order chi connectivity index (χ0) is 28.2. The molecule has 0 spiro atoms. The van der Waals surface area contributed by atoms with Crippen LogP contribution in [0.1, 0.15) is 19.4 Å². The van der Waals surface area contributed by atoms with Crippen LogP contribution in [0.5, 0.6) is 5.75 Å². The number of thiophene rings is 1. The van der Waals surface area contributed by atoms with Gasteiger partial charge >= 0.3 is 0 Å². The van der Waals surface area contributed by atoms with Crippen LogP contribution in [0.2, 0.25) is 0 Å². The summed E-state index contributed by atoms with van der Waals surface area (Å²) in [6.07, 6.45) is 0.686. The smallest absolute Gasteiger partial charge is 0.252 e. The lowest BCUT2D eigenvalue weighted by Gasteiger charge is -2.33. The van der Waals surface area contributed by atoms with Gasteiger partial charge in [0.25, 0.3) is 10.0 Å². The van der Waals surface area contributed by atoms with Crippen LogP contribution in [-0.4, -0.2) is 93.6 Å². The molecular weight excluding hydrogens is 546 g/mol. The molecule has 1 aromatic carbocycles. The van der Waals surface area contributed by atoms with Crippen LogP contribution in [0.15, 0.2) is 46.2 Å². The number of tetrazole rings is 1. The van der Waals surface area contributed by atoms with Gasteiger partial charge in [0.15, 0.2) is 0 Å². The second kappa shape index (κ2) is 12.2. The van der Waals surface area contributed by atoms with Gasteiger partial charge < -0.3 is 20.1 Å². The van der Waals surface area contributed by atoms with Gasteiger partial charge in [-0.25, -0.2) is 13.1 Å². The van der Waals surface area contributed by atoms with Crippen molar-refractivity contribution in [1.82, 2.24) is 29.4 Å². The van der Waals surface area contributed by atoms with Crippen LogP contribution in [0.3, 0.4) is 0 Å². The number of rotatable bonds is 9. The highest BCUT2D eigenvalue weighted by molar-refractivity contribution is 7.91. The minimum absolute atomic E-state index is 0.0286. The number of aliphatic hydroxyl groups excluding tert-OH is 1. The van der Waals surface area contributed by atoms with Crippen molar-refractivity contribution in [2.45, 2.75) is 43.2 Å². The Morgan fingerprint density at radius 3 is 2.82 bits per heavy atom. The maximum absolute atomic E-state index is 13.4. The third-order valence-corrected chi connectivity index (χ3v) is 9.69. The van der Waals surface area contributed by atoms with E-state index in [0.717, 1.165) is 11.3 Å². The molecule has 3 atom stereocenters. The van der Waals surface area contributed by atoms with E-state index >= 15 is 0 Å². The first-order valence-electron chi connectivity index (χ1n) is 12.3. The molecule has 3 heterocycles. The third kappa shape index (κ3) is 6.79. The number of likely N-dealkylation sites (N-methyl/N-ethyl adjacent to an activating group) is 1. The number of anilines is 1. The summed E-state index contributed by atoms with van der Waals surface area (Å²) < 4.78 is 35.3. The number of carbonyl (C=O) groups excluding carboxylic acids is 2. The molecule has 0 radical (unpaired) electrons. The van der Waals surface area contributed by atoms with E-state index in [1.54, 1.807) is 47.5 Å². The second-order valence-corrected chi connectivity index (χ2v) is 12.7. The zero-order valence-corrected chi connectivity index (χ0v) is 23.4. The maximum atomic E-state index is 13.4. The SMILES string of the molecule is C[C@H](CO)N1C[C@H](C)[C@H](CN(C)S(=O)(=O)c2cccs2)Oc2ccc(NC(=O)Cn3cnnn3)cc2CC1=O. The lowest BCUT2D eigenvalue weighted by atomic mass is 10.0. The Bertz CT molecular complexity index is 1380. The van der Waals surface area contributed by atoms with E-state index in [9.17, 15) is 23.1 Å². The largest absolute Gasteiger partial charge is 0.488 e. The molecule has 4 rings (SSSR count). The lowest BCUT2D eigenvalue weighted by molar-refractivity contribution is -0.134. The standard InChI is InChI=1S/C24H31N7O6S2/c1-16-11-31(17(2)14-32)23(34)10-18-9-19(26-22(33)13-30-15-25-27-28-30)6-7-20(18)37-21(16)12-29(3)39(35,36)24-5-4-8-38-24/h4-9,15-17,21,32H,10-14H2,1-3H3,(H,26,33)/t16-,17+,21-/m0/s1. The molecule has 0 aliphatic carbocycles. The molecule has 0 saturated heterocycles. The first-order chi connectivity index (χ1) is 18.6. The molecule has 13 nitrogen and oxygen atoms in total. The van der Waals surface area contributed by atoms with Crippen LogP contribution >= 0.6 is 11.3 Å². The van der Waals surface area contributed by atoms with Crippen LogP contribution in [0.4, 0.5) is 5.69 Å². The van der Waals surface area contributed by atoms with Gasteiger partial charge in [0, 0.05) is 30.8 Å². The Morgan fingerprint density at radius 1 is 1.36 bits per heavy atom. The number of hydrogen-bond acceptors (Lipinski definition) is 10.